The van der Waals surface area contributed by atoms with Crippen LogP contribution in [0.4, 0.5) is 5.69 Å². The number of aryl methyl sites for hydroxylation is 1. The Kier molecular flexibility index (Phi) is 6.44. The molecule has 0 radical (unpaired) electrons. The van der Waals surface area contributed by atoms with Gasteiger partial charge in [0.1, 0.15) is 0 Å². The standard InChI is InChI=1S/C11H17N3O3S.ClH/c1-8-4-5-9(13-11(15)7-12)6-10(8)18(16,17)14(2)3;/h4-6H,7,12H2,1-3H3,(H,13,15);1H. The van der Waals surface area contributed by atoms with Crippen LogP contribution in [0, 0.1) is 6.92 Å². The number of carbonyl (C=O) groups is 1. The normalized spacial score (nSPS) is 11.0. The van der Waals surface area contributed by atoms with Crippen LogP contribution in [-0.2, 0) is 14.8 Å². The molecule has 108 valence electrons. The first-order chi connectivity index (χ1) is 8.28. The van der Waals surface area contributed by atoms with Gasteiger partial charge in [-0.3, -0.25) is 4.79 Å². The number of benzene rings is 1. The topological polar surface area (TPSA) is 92.5 Å². The van der Waals surface area contributed by atoms with Gasteiger partial charge in [-0.05, 0) is 24.6 Å². The monoisotopic (exact) mass is 307 g/mol. The molecule has 1 aromatic carbocycles. The van der Waals surface area contributed by atoms with Crippen molar-refractivity contribution in [2.45, 2.75) is 11.8 Å². The molecule has 8 heteroatoms. The van der Waals surface area contributed by atoms with Crippen LogP contribution in [-0.4, -0.2) is 39.3 Å². The second kappa shape index (κ2) is 6.85. The van der Waals surface area contributed by atoms with Crippen molar-refractivity contribution in [3.8, 4) is 0 Å². The summed E-state index contributed by atoms with van der Waals surface area (Å²) in [6.45, 7) is 1.55. The van der Waals surface area contributed by atoms with Gasteiger partial charge in [0.2, 0.25) is 15.9 Å². The fourth-order valence-corrected chi connectivity index (χ4v) is 2.51. The van der Waals surface area contributed by atoms with E-state index in [-0.39, 0.29) is 29.8 Å². The van der Waals surface area contributed by atoms with Gasteiger partial charge >= 0.3 is 0 Å². The van der Waals surface area contributed by atoms with Crippen molar-refractivity contribution >= 4 is 34.0 Å². The lowest BCUT2D eigenvalue weighted by Crippen LogP contribution is -2.24. The van der Waals surface area contributed by atoms with Gasteiger partial charge in [0.15, 0.2) is 0 Å². The highest BCUT2D eigenvalue weighted by Gasteiger charge is 2.20. The second-order valence-corrected chi connectivity index (χ2v) is 6.14. The third-order valence-electron chi connectivity index (χ3n) is 2.42. The first-order valence-corrected chi connectivity index (χ1v) is 6.76. The summed E-state index contributed by atoms with van der Waals surface area (Å²) < 4.78 is 25.2. The van der Waals surface area contributed by atoms with E-state index in [1.807, 2.05) is 0 Å². The van der Waals surface area contributed by atoms with Gasteiger partial charge in [-0.15, -0.1) is 12.4 Å². The average Bonchev–Trinajstić information content (AvgIpc) is 2.31. The van der Waals surface area contributed by atoms with Crippen molar-refractivity contribution < 1.29 is 13.2 Å². The quantitative estimate of drug-likeness (QED) is 0.850. The Balaban J connectivity index is 0.00000324. The molecule has 0 aliphatic heterocycles. The summed E-state index contributed by atoms with van der Waals surface area (Å²) in [5, 5.41) is 2.52. The molecule has 3 N–H and O–H groups in total. The minimum absolute atomic E-state index is 0. The molecule has 0 aliphatic carbocycles. The summed E-state index contributed by atoms with van der Waals surface area (Å²) in [7, 11) is -0.605. The van der Waals surface area contributed by atoms with Gasteiger partial charge in [-0.25, -0.2) is 12.7 Å². The SMILES string of the molecule is Cc1ccc(NC(=O)CN)cc1S(=O)(=O)N(C)C.Cl. The van der Waals surface area contributed by atoms with E-state index in [9.17, 15) is 13.2 Å². The number of nitrogens with zero attached hydrogens (tertiary/aromatic N) is 1. The van der Waals surface area contributed by atoms with E-state index in [1.165, 1.54) is 20.2 Å². The minimum Gasteiger partial charge on any atom is -0.325 e. The third kappa shape index (κ3) is 4.17. The number of halogens is 1. The average molecular weight is 308 g/mol. The van der Waals surface area contributed by atoms with Gasteiger partial charge < -0.3 is 11.1 Å². The predicted octanol–water partition coefficient (Wildman–Crippen LogP) is 0.564. The van der Waals surface area contributed by atoms with Crippen molar-refractivity contribution in [1.82, 2.24) is 4.31 Å². The summed E-state index contributed by atoms with van der Waals surface area (Å²) in [4.78, 5) is 11.3. The molecule has 0 aliphatic rings. The first kappa shape index (κ1) is 17.8. The molecule has 0 saturated heterocycles. The molecular weight excluding hydrogens is 290 g/mol. The zero-order valence-electron chi connectivity index (χ0n) is 11.0. The summed E-state index contributed by atoms with van der Waals surface area (Å²) in [6, 6.07) is 4.71. The second-order valence-electron chi connectivity index (χ2n) is 4.02. The Hall–Kier alpha value is -1.15. The molecule has 0 spiro atoms. The van der Waals surface area contributed by atoms with Crippen LogP contribution in [0.1, 0.15) is 5.56 Å². The first-order valence-electron chi connectivity index (χ1n) is 5.32. The summed E-state index contributed by atoms with van der Waals surface area (Å²) in [6.07, 6.45) is 0. The summed E-state index contributed by atoms with van der Waals surface area (Å²) >= 11 is 0. The van der Waals surface area contributed by atoms with E-state index >= 15 is 0 Å². The Labute approximate surface area is 119 Å². The molecule has 0 aromatic heterocycles. The summed E-state index contributed by atoms with van der Waals surface area (Å²) in [5.41, 5.74) is 6.22. The van der Waals surface area contributed by atoms with E-state index in [2.05, 4.69) is 5.32 Å². The maximum Gasteiger partial charge on any atom is 0.242 e. The molecule has 1 rings (SSSR count). The van der Waals surface area contributed by atoms with Gasteiger partial charge in [0, 0.05) is 19.8 Å². The zero-order valence-corrected chi connectivity index (χ0v) is 12.6. The Bertz CT molecular complexity index is 558. The van der Waals surface area contributed by atoms with Crippen LogP contribution in [0.2, 0.25) is 0 Å². The van der Waals surface area contributed by atoms with Crippen LogP contribution in [0.5, 0.6) is 0 Å². The number of anilines is 1. The highest BCUT2D eigenvalue weighted by Crippen LogP contribution is 2.22. The molecule has 19 heavy (non-hydrogen) atoms. The van der Waals surface area contributed by atoms with Crippen molar-refractivity contribution in [2.24, 2.45) is 5.73 Å². The number of amides is 1. The molecule has 0 unspecified atom stereocenters. The molecule has 6 nitrogen and oxygen atoms in total. The van der Waals surface area contributed by atoms with Crippen LogP contribution >= 0.6 is 12.4 Å². The Morgan fingerprint density at radius 3 is 2.42 bits per heavy atom. The van der Waals surface area contributed by atoms with Crippen molar-refractivity contribution in [3.05, 3.63) is 23.8 Å². The highest BCUT2D eigenvalue weighted by molar-refractivity contribution is 7.89. The molecule has 0 bridgehead atoms. The smallest absolute Gasteiger partial charge is 0.242 e. The molecule has 0 fully saturated rings. The van der Waals surface area contributed by atoms with Crippen LogP contribution in [0.3, 0.4) is 0 Å². The zero-order chi connectivity index (χ0) is 13.9. The number of nitrogens with two attached hydrogens (primary N) is 1. The maximum absolute atomic E-state index is 12.0. The number of rotatable bonds is 4. The number of hydrogen-bond donors (Lipinski definition) is 2. The lowest BCUT2D eigenvalue weighted by molar-refractivity contribution is -0.114. The maximum atomic E-state index is 12.0. The minimum atomic E-state index is -3.52. The summed E-state index contributed by atoms with van der Waals surface area (Å²) in [5.74, 6) is -0.368. The lowest BCUT2D eigenvalue weighted by atomic mass is 10.2. The molecule has 0 atom stereocenters. The molecular formula is C11H18ClN3O3S. The molecule has 0 heterocycles. The van der Waals surface area contributed by atoms with Gasteiger partial charge in [0.05, 0.1) is 11.4 Å². The van der Waals surface area contributed by atoms with Crippen LogP contribution in [0.25, 0.3) is 0 Å². The lowest BCUT2D eigenvalue weighted by Gasteiger charge is -2.15. The number of sulfonamides is 1. The number of nitrogens with one attached hydrogen (secondary N) is 1. The van der Waals surface area contributed by atoms with Crippen molar-refractivity contribution in [2.75, 3.05) is 26.0 Å². The van der Waals surface area contributed by atoms with E-state index in [0.717, 1.165) is 4.31 Å². The largest absolute Gasteiger partial charge is 0.325 e. The highest BCUT2D eigenvalue weighted by atomic mass is 35.5. The van der Waals surface area contributed by atoms with Crippen LogP contribution < -0.4 is 11.1 Å². The van der Waals surface area contributed by atoms with Gasteiger partial charge in [-0.1, -0.05) is 6.07 Å². The van der Waals surface area contributed by atoms with Crippen molar-refractivity contribution in [1.29, 1.82) is 0 Å². The fourth-order valence-electron chi connectivity index (χ4n) is 1.36. The number of carbonyl (C=O) groups excluding carboxylic acids is 1. The molecule has 1 amide bonds. The predicted molar refractivity (Wildman–Crippen MR) is 77.0 cm³/mol. The Morgan fingerprint density at radius 2 is 1.95 bits per heavy atom. The van der Waals surface area contributed by atoms with Gasteiger partial charge in [0.25, 0.3) is 0 Å². The molecule has 0 saturated carbocycles. The van der Waals surface area contributed by atoms with E-state index in [4.69, 9.17) is 5.73 Å². The Morgan fingerprint density at radius 1 is 1.37 bits per heavy atom. The van der Waals surface area contributed by atoms with Crippen LogP contribution in [0.15, 0.2) is 23.1 Å². The molecule has 1 aromatic rings. The van der Waals surface area contributed by atoms with E-state index < -0.39 is 10.0 Å². The van der Waals surface area contributed by atoms with Crippen molar-refractivity contribution in [3.63, 3.8) is 0 Å². The third-order valence-corrected chi connectivity index (χ3v) is 4.37. The van der Waals surface area contributed by atoms with Gasteiger partial charge in [-0.2, -0.15) is 0 Å². The number of hydrogen-bond acceptors (Lipinski definition) is 4. The van der Waals surface area contributed by atoms with E-state index in [0.29, 0.717) is 11.3 Å². The fraction of sp³-hybridized carbons (Fsp3) is 0.364. The van der Waals surface area contributed by atoms with E-state index in [1.54, 1.807) is 19.1 Å².